The maximum Gasteiger partial charge on any atom is 0.345 e. The van der Waals surface area contributed by atoms with Gasteiger partial charge in [0.15, 0.2) is 0 Å². The number of methoxy groups -OCH3 is 1. The van der Waals surface area contributed by atoms with E-state index < -0.39 is 12.1 Å². The second kappa shape index (κ2) is 5.12. The summed E-state index contributed by atoms with van der Waals surface area (Å²) in [6.45, 7) is 1.95. The summed E-state index contributed by atoms with van der Waals surface area (Å²) in [5.41, 5.74) is 1.15. The molecule has 1 atom stereocenters. The number of hydrogen-bond donors (Lipinski definition) is 0. The number of alkyl halides is 1. The molecule has 0 spiro atoms. The molecular weight excluding hydrogens is 219 g/mol. The lowest BCUT2D eigenvalue weighted by molar-refractivity contribution is -0.146. The smallest absolute Gasteiger partial charge is 0.345 e. The summed E-state index contributed by atoms with van der Waals surface area (Å²) in [6, 6.07) is 4.72. The van der Waals surface area contributed by atoms with Crippen molar-refractivity contribution in [2.24, 2.45) is 0 Å². The van der Waals surface area contributed by atoms with Crippen LogP contribution in [0.1, 0.15) is 24.2 Å². The van der Waals surface area contributed by atoms with E-state index in [-0.39, 0.29) is 5.56 Å². The fourth-order valence-corrected chi connectivity index (χ4v) is 1.57. The van der Waals surface area contributed by atoms with E-state index in [4.69, 9.17) is 11.6 Å². The lowest BCUT2D eigenvalue weighted by Crippen LogP contribution is -2.09. The minimum absolute atomic E-state index is 0.226. The van der Waals surface area contributed by atoms with Crippen molar-refractivity contribution in [1.82, 2.24) is 0 Å². The van der Waals surface area contributed by atoms with E-state index >= 15 is 0 Å². The molecule has 82 valence electrons. The van der Waals surface area contributed by atoms with E-state index in [1.54, 1.807) is 12.1 Å². The number of aryl methyl sites for hydroxylation is 1. The van der Waals surface area contributed by atoms with E-state index in [0.29, 0.717) is 5.02 Å². The van der Waals surface area contributed by atoms with Gasteiger partial charge in [-0.1, -0.05) is 30.7 Å². The first-order chi connectivity index (χ1) is 7.10. The molecule has 1 unspecified atom stereocenters. The molecular formula is C11H12ClFO2. The van der Waals surface area contributed by atoms with Gasteiger partial charge in [-0.3, -0.25) is 0 Å². The van der Waals surface area contributed by atoms with Gasteiger partial charge in [-0.15, -0.1) is 0 Å². The fraction of sp³-hybridized carbons (Fsp3) is 0.364. The number of halogens is 2. The molecule has 0 N–H and O–H groups in total. The second-order valence-corrected chi connectivity index (χ2v) is 3.50. The van der Waals surface area contributed by atoms with Crippen molar-refractivity contribution in [3.05, 3.63) is 34.3 Å². The van der Waals surface area contributed by atoms with Crippen LogP contribution in [0.2, 0.25) is 5.02 Å². The van der Waals surface area contributed by atoms with Gasteiger partial charge in [0.2, 0.25) is 6.17 Å². The van der Waals surface area contributed by atoms with Crippen LogP contribution in [0.25, 0.3) is 0 Å². The third-order valence-corrected chi connectivity index (χ3v) is 2.51. The normalized spacial score (nSPS) is 12.3. The first-order valence-electron chi connectivity index (χ1n) is 4.60. The molecule has 0 aliphatic carbocycles. The van der Waals surface area contributed by atoms with Crippen molar-refractivity contribution in [2.45, 2.75) is 19.5 Å². The number of carbonyl (C=O) groups is 1. The van der Waals surface area contributed by atoms with Gasteiger partial charge >= 0.3 is 5.97 Å². The van der Waals surface area contributed by atoms with Crippen LogP contribution < -0.4 is 0 Å². The monoisotopic (exact) mass is 230 g/mol. The highest BCUT2D eigenvalue weighted by atomic mass is 35.5. The molecule has 4 heteroatoms. The van der Waals surface area contributed by atoms with Crippen molar-refractivity contribution in [1.29, 1.82) is 0 Å². The van der Waals surface area contributed by atoms with Crippen LogP contribution in [0.15, 0.2) is 18.2 Å². The third-order valence-electron chi connectivity index (χ3n) is 2.16. The highest BCUT2D eigenvalue weighted by Gasteiger charge is 2.20. The average molecular weight is 231 g/mol. The predicted octanol–water partition coefficient (Wildman–Crippen LogP) is 3.09. The summed E-state index contributed by atoms with van der Waals surface area (Å²) in [5.74, 6) is -0.907. The number of ether oxygens (including phenoxy) is 1. The number of carbonyl (C=O) groups excluding carboxylic acids is 1. The molecule has 1 aromatic rings. The molecule has 0 heterocycles. The SMILES string of the molecule is CCc1ccc(C(F)C(=O)OC)cc1Cl. The standard InChI is InChI=1S/C11H12ClFO2/c1-3-7-4-5-8(6-9(7)12)10(13)11(14)15-2/h4-6,10H,3H2,1-2H3. The van der Waals surface area contributed by atoms with Gasteiger partial charge in [0.1, 0.15) is 0 Å². The van der Waals surface area contributed by atoms with Crippen LogP contribution in [0.4, 0.5) is 4.39 Å². The molecule has 2 nitrogen and oxygen atoms in total. The van der Waals surface area contributed by atoms with E-state index in [1.807, 2.05) is 6.92 Å². The summed E-state index contributed by atoms with van der Waals surface area (Å²) < 4.78 is 17.7. The molecule has 0 aliphatic rings. The van der Waals surface area contributed by atoms with Gasteiger partial charge in [0, 0.05) is 5.02 Å². The van der Waals surface area contributed by atoms with Crippen molar-refractivity contribution in [3.63, 3.8) is 0 Å². The van der Waals surface area contributed by atoms with E-state index in [0.717, 1.165) is 19.1 Å². The predicted molar refractivity (Wildman–Crippen MR) is 56.7 cm³/mol. The molecule has 15 heavy (non-hydrogen) atoms. The minimum Gasteiger partial charge on any atom is -0.467 e. The van der Waals surface area contributed by atoms with Crippen LogP contribution in [0.3, 0.4) is 0 Å². The summed E-state index contributed by atoms with van der Waals surface area (Å²) in [7, 11) is 1.15. The van der Waals surface area contributed by atoms with Crippen LogP contribution >= 0.6 is 11.6 Å². The number of hydrogen-bond acceptors (Lipinski definition) is 2. The van der Waals surface area contributed by atoms with Crippen LogP contribution in [0, 0.1) is 0 Å². The molecule has 0 aromatic heterocycles. The van der Waals surface area contributed by atoms with Crippen molar-refractivity contribution in [3.8, 4) is 0 Å². The van der Waals surface area contributed by atoms with E-state index in [2.05, 4.69) is 4.74 Å². The zero-order chi connectivity index (χ0) is 11.4. The topological polar surface area (TPSA) is 26.3 Å². The number of benzene rings is 1. The lowest BCUT2D eigenvalue weighted by atomic mass is 10.1. The molecule has 0 radical (unpaired) electrons. The average Bonchev–Trinajstić information content (AvgIpc) is 2.26. The highest BCUT2D eigenvalue weighted by Crippen LogP contribution is 2.25. The first-order valence-corrected chi connectivity index (χ1v) is 4.98. The van der Waals surface area contributed by atoms with Gasteiger partial charge in [0.25, 0.3) is 0 Å². The Balaban J connectivity index is 2.97. The Hall–Kier alpha value is -1.09. The molecule has 0 aliphatic heterocycles. The Labute approximate surface area is 93.0 Å². The molecule has 0 bridgehead atoms. The third kappa shape index (κ3) is 2.69. The zero-order valence-corrected chi connectivity index (χ0v) is 9.34. The van der Waals surface area contributed by atoms with Crippen LogP contribution in [-0.2, 0) is 16.0 Å². The minimum atomic E-state index is -1.77. The number of rotatable bonds is 3. The Bertz CT molecular complexity index is 366. The van der Waals surface area contributed by atoms with Gasteiger partial charge in [-0.05, 0) is 23.6 Å². The Morgan fingerprint density at radius 2 is 2.27 bits per heavy atom. The van der Waals surface area contributed by atoms with Crippen molar-refractivity contribution in [2.75, 3.05) is 7.11 Å². The lowest BCUT2D eigenvalue weighted by Gasteiger charge is -2.08. The molecule has 0 fully saturated rings. The zero-order valence-electron chi connectivity index (χ0n) is 8.59. The molecule has 0 saturated heterocycles. The maximum absolute atomic E-state index is 13.4. The van der Waals surface area contributed by atoms with Crippen LogP contribution in [-0.4, -0.2) is 13.1 Å². The van der Waals surface area contributed by atoms with Crippen molar-refractivity contribution >= 4 is 17.6 Å². The van der Waals surface area contributed by atoms with Crippen molar-refractivity contribution < 1.29 is 13.9 Å². The van der Waals surface area contributed by atoms with E-state index in [9.17, 15) is 9.18 Å². The number of esters is 1. The van der Waals surface area contributed by atoms with Gasteiger partial charge in [0.05, 0.1) is 7.11 Å². The molecule has 0 saturated carbocycles. The highest BCUT2D eigenvalue weighted by molar-refractivity contribution is 6.31. The first kappa shape index (κ1) is 12.0. The molecule has 1 aromatic carbocycles. The summed E-state index contributed by atoms with van der Waals surface area (Å²) >= 11 is 5.90. The Kier molecular flexibility index (Phi) is 4.09. The second-order valence-electron chi connectivity index (χ2n) is 3.09. The van der Waals surface area contributed by atoms with Gasteiger partial charge in [-0.25, -0.2) is 9.18 Å². The van der Waals surface area contributed by atoms with Gasteiger partial charge < -0.3 is 4.74 Å². The fourth-order valence-electron chi connectivity index (χ4n) is 1.25. The Morgan fingerprint density at radius 3 is 2.73 bits per heavy atom. The van der Waals surface area contributed by atoms with Crippen LogP contribution in [0.5, 0.6) is 0 Å². The maximum atomic E-state index is 13.4. The van der Waals surface area contributed by atoms with E-state index in [1.165, 1.54) is 6.07 Å². The molecule has 0 amide bonds. The quantitative estimate of drug-likeness (QED) is 0.746. The Morgan fingerprint density at radius 1 is 1.60 bits per heavy atom. The van der Waals surface area contributed by atoms with Gasteiger partial charge in [-0.2, -0.15) is 0 Å². The molecule has 1 rings (SSSR count). The summed E-state index contributed by atoms with van der Waals surface area (Å²) in [6.07, 6.45) is -0.993. The summed E-state index contributed by atoms with van der Waals surface area (Å²) in [4.78, 5) is 10.9. The summed E-state index contributed by atoms with van der Waals surface area (Å²) in [5, 5.41) is 0.474. The largest absolute Gasteiger partial charge is 0.467 e.